The molecular weight excluding hydrogens is 254 g/mol. The van der Waals surface area contributed by atoms with E-state index in [0.717, 1.165) is 23.6 Å². The van der Waals surface area contributed by atoms with Crippen molar-refractivity contribution >= 4 is 5.82 Å². The fourth-order valence-electron chi connectivity index (χ4n) is 1.76. The number of nitrogens with one attached hydrogen (secondary N) is 1. The van der Waals surface area contributed by atoms with Crippen LogP contribution in [0.5, 0.6) is 17.4 Å². The minimum Gasteiger partial charge on any atom is -0.490 e. The first-order chi connectivity index (χ1) is 9.76. The summed E-state index contributed by atoms with van der Waals surface area (Å²) in [6.45, 7) is 4.64. The molecule has 0 radical (unpaired) electrons. The van der Waals surface area contributed by atoms with Crippen LogP contribution in [-0.4, -0.2) is 23.6 Å². The van der Waals surface area contributed by atoms with Crippen LogP contribution in [0.4, 0.5) is 5.82 Å². The fraction of sp³-hybridized carbons (Fsp3) is 0.333. The van der Waals surface area contributed by atoms with Gasteiger partial charge in [-0.05, 0) is 25.5 Å². The highest BCUT2D eigenvalue weighted by atomic mass is 16.5. The highest BCUT2D eigenvalue weighted by molar-refractivity contribution is 5.49. The molecule has 2 aromatic rings. The van der Waals surface area contributed by atoms with Crippen molar-refractivity contribution in [3.8, 4) is 17.4 Å². The van der Waals surface area contributed by atoms with Crippen LogP contribution in [0, 0.1) is 6.92 Å². The first-order valence-corrected chi connectivity index (χ1v) is 6.65. The first kappa shape index (κ1) is 14.1. The number of nitrogens with zero attached hydrogens (tertiary/aromatic N) is 2. The van der Waals surface area contributed by atoms with Crippen molar-refractivity contribution in [2.75, 3.05) is 19.0 Å². The van der Waals surface area contributed by atoms with Gasteiger partial charge < -0.3 is 14.8 Å². The average molecular weight is 273 g/mol. The van der Waals surface area contributed by atoms with E-state index in [1.165, 1.54) is 6.33 Å². The Hall–Kier alpha value is -2.30. The van der Waals surface area contributed by atoms with E-state index in [-0.39, 0.29) is 0 Å². The van der Waals surface area contributed by atoms with Gasteiger partial charge in [0.1, 0.15) is 12.1 Å². The van der Waals surface area contributed by atoms with Gasteiger partial charge in [0, 0.05) is 7.05 Å². The molecule has 0 unspecified atom stereocenters. The summed E-state index contributed by atoms with van der Waals surface area (Å²) < 4.78 is 11.5. The zero-order valence-electron chi connectivity index (χ0n) is 12.0. The molecule has 1 heterocycles. The Kier molecular flexibility index (Phi) is 4.76. The van der Waals surface area contributed by atoms with Gasteiger partial charge in [0.2, 0.25) is 5.88 Å². The number of para-hydroxylation sites is 2. The third-order valence-electron chi connectivity index (χ3n) is 2.79. The second kappa shape index (κ2) is 6.75. The highest BCUT2D eigenvalue weighted by Gasteiger charge is 2.11. The Morgan fingerprint density at radius 2 is 1.90 bits per heavy atom. The summed E-state index contributed by atoms with van der Waals surface area (Å²) in [7, 11) is 1.82. The Morgan fingerprint density at radius 1 is 1.15 bits per heavy atom. The van der Waals surface area contributed by atoms with E-state index in [1.54, 1.807) is 0 Å². The summed E-state index contributed by atoms with van der Waals surface area (Å²) in [5, 5.41) is 3.01. The van der Waals surface area contributed by atoms with Crippen LogP contribution in [-0.2, 0) is 0 Å². The molecule has 1 aromatic heterocycles. The van der Waals surface area contributed by atoms with E-state index in [1.807, 2.05) is 38.2 Å². The van der Waals surface area contributed by atoms with Crippen LogP contribution in [0.15, 0.2) is 30.6 Å². The lowest BCUT2D eigenvalue weighted by Gasteiger charge is -2.13. The molecule has 1 aromatic carbocycles. The molecule has 20 heavy (non-hydrogen) atoms. The molecule has 0 fully saturated rings. The van der Waals surface area contributed by atoms with Crippen LogP contribution >= 0.6 is 0 Å². The fourth-order valence-corrected chi connectivity index (χ4v) is 1.76. The SMILES string of the molecule is CCCOc1ccccc1Oc1ncnc(NC)c1C. The molecule has 0 amide bonds. The molecule has 0 aliphatic rings. The van der Waals surface area contributed by atoms with Crippen LogP contribution in [0.3, 0.4) is 0 Å². The number of ether oxygens (including phenoxy) is 2. The molecule has 0 atom stereocenters. The van der Waals surface area contributed by atoms with Crippen molar-refractivity contribution in [2.45, 2.75) is 20.3 Å². The van der Waals surface area contributed by atoms with Gasteiger partial charge in [-0.1, -0.05) is 19.1 Å². The third-order valence-corrected chi connectivity index (χ3v) is 2.79. The Morgan fingerprint density at radius 3 is 2.60 bits per heavy atom. The number of hydrogen-bond donors (Lipinski definition) is 1. The van der Waals surface area contributed by atoms with Gasteiger partial charge >= 0.3 is 0 Å². The minimum atomic E-state index is 0.525. The van der Waals surface area contributed by atoms with Gasteiger partial charge in [0.25, 0.3) is 0 Å². The molecule has 0 bridgehead atoms. The summed E-state index contributed by atoms with van der Waals surface area (Å²) in [6, 6.07) is 7.58. The van der Waals surface area contributed by atoms with Gasteiger partial charge in [-0.3, -0.25) is 0 Å². The van der Waals surface area contributed by atoms with Crippen LogP contribution in [0.25, 0.3) is 0 Å². The van der Waals surface area contributed by atoms with E-state index in [9.17, 15) is 0 Å². The number of anilines is 1. The standard InChI is InChI=1S/C15H19N3O2/c1-4-9-19-12-7-5-6-8-13(12)20-15-11(2)14(16-3)17-10-18-15/h5-8,10H,4,9H2,1-3H3,(H,16,17,18). The van der Waals surface area contributed by atoms with Gasteiger partial charge in [-0.25, -0.2) is 9.97 Å². The topological polar surface area (TPSA) is 56.3 Å². The van der Waals surface area contributed by atoms with Gasteiger partial charge in [-0.2, -0.15) is 0 Å². The molecule has 0 aliphatic carbocycles. The van der Waals surface area contributed by atoms with Crippen molar-refractivity contribution in [3.05, 3.63) is 36.2 Å². The lowest BCUT2D eigenvalue weighted by Crippen LogP contribution is -2.01. The van der Waals surface area contributed by atoms with Gasteiger partial charge in [-0.15, -0.1) is 0 Å². The second-order valence-electron chi connectivity index (χ2n) is 4.30. The monoisotopic (exact) mass is 273 g/mol. The average Bonchev–Trinajstić information content (AvgIpc) is 2.48. The normalized spacial score (nSPS) is 10.2. The Labute approximate surface area is 119 Å². The smallest absolute Gasteiger partial charge is 0.227 e. The third kappa shape index (κ3) is 3.17. The maximum atomic E-state index is 5.86. The maximum absolute atomic E-state index is 5.86. The predicted octanol–water partition coefficient (Wildman–Crippen LogP) is 3.41. The lowest BCUT2D eigenvalue weighted by atomic mass is 10.3. The number of hydrogen-bond acceptors (Lipinski definition) is 5. The Balaban J connectivity index is 2.26. The van der Waals surface area contributed by atoms with Crippen molar-refractivity contribution in [3.63, 3.8) is 0 Å². The predicted molar refractivity (Wildman–Crippen MR) is 78.6 cm³/mol. The largest absolute Gasteiger partial charge is 0.490 e. The Bertz CT molecular complexity index is 573. The van der Waals surface area contributed by atoms with E-state index < -0.39 is 0 Å². The van der Waals surface area contributed by atoms with Crippen LogP contribution in [0.2, 0.25) is 0 Å². The summed E-state index contributed by atoms with van der Waals surface area (Å²) in [6.07, 6.45) is 2.43. The molecule has 2 rings (SSSR count). The number of rotatable bonds is 6. The number of aromatic nitrogens is 2. The number of benzene rings is 1. The molecule has 106 valence electrons. The van der Waals surface area contributed by atoms with E-state index in [2.05, 4.69) is 22.2 Å². The zero-order chi connectivity index (χ0) is 14.4. The summed E-state index contributed by atoms with van der Waals surface area (Å²) in [5.41, 5.74) is 0.861. The van der Waals surface area contributed by atoms with Crippen molar-refractivity contribution in [2.24, 2.45) is 0 Å². The van der Waals surface area contributed by atoms with Crippen molar-refractivity contribution in [1.29, 1.82) is 0 Å². The van der Waals surface area contributed by atoms with Gasteiger partial charge in [0.15, 0.2) is 11.5 Å². The van der Waals surface area contributed by atoms with E-state index >= 15 is 0 Å². The molecule has 0 spiro atoms. The maximum Gasteiger partial charge on any atom is 0.227 e. The molecule has 0 aliphatic heterocycles. The zero-order valence-corrected chi connectivity index (χ0v) is 12.0. The molecule has 5 heteroatoms. The van der Waals surface area contributed by atoms with Gasteiger partial charge in [0.05, 0.1) is 12.2 Å². The summed E-state index contributed by atoms with van der Waals surface area (Å²) in [4.78, 5) is 8.31. The minimum absolute atomic E-state index is 0.525. The lowest BCUT2D eigenvalue weighted by molar-refractivity contribution is 0.300. The van der Waals surface area contributed by atoms with Crippen molar-refractivity contribution < 1.29 is 9.47 Å². The van der Waals surface area contributed by atoms with Crippen molar-refractivity contribution in [1.82, 2.24) is 9.97 Å². The first-order valence-electron chi connectivity index (χ1n) is 6.65. The molecule has 1 N–H and O–H groups in total. The molecule has 5 nitrogen and oxygen atoms in total. The van der Waals surface area contributed by atoms with E-state index in [0.29, 0.717) is 18.2 Å². The quantitative estimate of drug-likeness (QED) is 0.874. The van der Waals surface area contributed by atoms with Crippen LogP contribution < -0.4 is 14.8 Å². The van der Waals surface area contributed by atoms with E-state index in [4.69, 9.17) is 9.47 Å². The molecule has 0 saturated heterocycles. The highest BCUT2D eigenvalue weighted by Crippen LogP contribution is 2.32. The summed E-state index contributed by atoms with van der Waals surface area (Å²) >= 11 is 0. The molecule has 0 saturated carbocycles. The second-order valence-corrected chi connectivity index (χ2v) is 4.30. The molecular formula is C15H19N3O2. The summed E-state index contributed by atoms with van der Waals surface area (Å²) in [5.74, 6) is 2.65. The van der Waals surface area contributed by atoms with Crippen LogP contribution in [0.1, 0.15) is 18.9 Å².